The number of rotatable bonds is 7. The average molecular weight is 728 g/mol. The van der Waals surface area contributed by atoms with Crippen molar-refractivity contribution in [3.05, 3.63) is 206 Å². The van der Waals surface area contributed by atoms with Crippen LogP contribution in [0.3, 0.4) is 0 Å². The quantitative estimate of drug-likeness (QED) is 0.164. The van der Waals surface area contributed by atoms with E-state index < -0.39 is 0 Å². The number of aromatic nitrogens is 4. The van der Waals surface area contributed by atoms with Crippen LogP contribution in [0, 0.1) is 11.3 Å². The number of nitriles is 1. The van der Waals surface area contributed by atoms with Gasteiger partial charge < -0.3 is 4.57 Å². The van der Waals surface area contributed by atoms with Crippen LogP contribution in [0.4, 0.5) is 0 Å². The van der Waals surface area contributed by atoms with E-state index >= 15 is 0 Å². The van der Waals surface area contributed by atoms with Crippen LogP contribution in [0.5, 0.6) is 0 Å². The highest BCUT2D eigenvalue weighted by Gasteiger charge is 2.23. The second-order valence-corrected chi connectivity index (χ2v) is 14.0. The third kappa shape index (κ3) is 6.22. The van der Waals surface area contributed by atoms with Gasteiger partial charge in [-0.15, -0.1) is 0 Å². The van der Waals surface area contributed by atoms with Gasteiger partial charge in [0.25, 0.3) is 0 Å². The Morgan fingerprint density at radius 1 is 0.351 bits per heavy atom. The minimum Gasteiger partial charge on any atom is -0.308 e. The normalized spacial score (nSPS) is 11.1. The largest absolute Gasteiger partial charge is 0.308 e. The SMILES string of the molecule is N#Cc1ccc2c(c1)c1cc(-c3ccccc3)ccc1n2-c1c(-c2ccccc2)cc(-c2nc(-c3ccccc3)nc(-c3ccccc3)n2)cc1-c1ccccc1. The van der Waals surface area contributed by atoms with E-state index in [1.54, 1.807) is 0 Å². The molecule has 0 unspecified atom stereocenters. The standard InChI is InChI=1S/C52H33N5/c53-34-35-26-28-47-45(30-35)46-31-41(36-16-6-1-7-17-36)27-29-48(46)57(47)49-43(37-18-8-2-9-19-37)32-42(33-44(49)38-20-10-3-11-21-38)52-55-50(39-22-12-4-13-23-39)54-51(56-52)40-24-14-5-15-25-40/h1-33H. The Morgan fingerprint density at radius 3 is 1.23 bits per heavy atom. The van der Waals surface area contributed by atoms with Gasteiger partial charge in [0.2, 0.25) is 0 Å². The average Bonchev–Trinajstić information content (AvgIpc) is 3.62. The van der Waals surface area contributed by atoms with Crippen molar-refractivity contribution in [3.63, 3.8) is 0 Å². The zero-order valence-electron chi connectivity index (χ0n) is 30.8. The molecule has 0 spiro atoms. The molecule has 0 bridgehead atoms. The lowest BCUT2D eigenvalue weighted by Gasteiger charge is -2.21. The van der Waals surface area contributed by atoms with Crippen LogP contribution in [0.1, 0.15) is 5.56 Å². The monoisotopic (exact) mass is 727 g/mol. The zero-order chi connectivity index (χ0) is 38.1. The van der Waals surface area contributed by atoms with Crippen molar-refractivity contribution in [3.8, 4) is 79.3 Å². The first kappa shape index (κ1) is 33.6. The Labute approximate surface area is 330 Å². The van der Waals surface area contributed by atoms with Crippen molar-refractivity contribution >= 4 is 21.8 Å². The first-order chi connectivity index (χ1) is 28.2. The van der Waals surface area contributed by atoms with E-state index in [1.165, 1.54) is 0 Å². The fourth-order valence-electron chi connectivity index (χ4n) is 7.76. The van der Waals surface area contributed by atoms with Crippen molar-refractivity contribution in [2.75, 3.05) is 0 Å². The molecule has 2 heterocycles. The second kappa shape index (κ2) is 14.4. The van der Waals surface area contributed by atoms with Crippen molar-refractivity contribution in [1.29, 1.82) is 5.26 Å². The van der Waals surface area contributed by atoms with Gasteiger partial charge in [-0.2, -0.15) is 5.26 Å². The maximum atomic E-state index is 10.1. The van der Waals surface area contributed by atoms with Crippen LogP contribution < -0.4 is 0 Å². The number of nitrogens with zero attached hydrogens (tertiary/aromatic N) is 5. The maximum Gasteiger partial charge on any atom is 0.164 e. The summed E-state index contributed by atoms with van der Waals surface area (Å²) in [5, 5.41) is 12.1. The molecule has 8 aromatic carbocycles. The van der Waals surface area contributed by atoms with Crippen LogP contribution in [0.15, 0.2) is 200 Å². The van der Waals surface area contributed by atoms with Gasteiger partial charge in [0.15, 0.2) is 17.5 Å². The minimum absolute atomic E-state index is 0.581. The molecular weight excluding hydrogens is 695 g/mol. The van der Waals surface area contributed by atoms with E-state index in [1.807, 2.05) is 91.0 Å². The third-order valence-electron chi connectivity index (χ3n) is 10.5. The molecule has 0 N–H and O–H groups in total. The molecule has 57 heavy (non-hydrogen) atoms. The van der Waals surface area contributed by atoms with Crippen molar-refractivity contribution in [2.24, 2.45) is 0 Å². The Hall–Kier alpha value is -7.94. The van der Waals surface area contributed by atoms with Crippen LogP contribution >= 0.6 is 0 Å². The fourth-order valence-corrected chi connectivity index (χ4v) is 7.76. The molecule has 0 radical (unpaired) electrons. The zero-order valence-corrected chi connectivity index (χ0v) is 30.8. The summed E-state index contributed by atoms with van der Waals surface area (Å²) in [4.78, 5) is 15.3. The van der Waals surface area contributed by atoms with Gasteiger partial charge in [0, 0.05) is 38.6 Å². The number of hydrogen-bond acceptors (Lipinski definition) is 4. The van der Waals surface area contributed by atoms with Crippen LogP contribution in [0.25, 0.3) is 95.0 Å². The summed E-state index contributed by atoms with van der Waals surface area (Å²) in [6.45, 7) is 0. The first-order valence-corrected chi connectivity index (χ1v) is 18.9. The van der Waals surface area contributed by atoms with E-state index in [0.717, 1.165) is 77.6 Å². The van der Waals surface area contributed by atoms with Gasteiger partial charge in [-0.1, -0.05) is 158 Å². The molecule has 10 rings (SSSR count). The van der Waals surface area contributed by atoms with Crippen LogP contribution in [-0.2, 0) is 0 Å². The van der Waals surface area contributed by atoms with E-state index in [2.05, 4.69) is 120 Å². The fraction of sp³-hybridized carbons (Fsp3) is 0. The molecule has 0 fully saturated rings. The van der Waals surface area contributed by atoms with Crippen LogP contribution in [-0.4, -0.2) is 19.5 Å². The molecule has 0 saturated heterocycles. The summed E-state index contributed by atoms with van der Waals surface area (Å²) in [5.74, 6) is 1.80. The van der Waals surface area contributed by atoms with Gasteiger partial charge in [-0.25, -0.2) is 15.0 Å². The van der Waals surface area contributed by atoms with E-state index in [9.17, 15) is 5.26 Å². The molecule has 266 valence electrons. The van der Waals surface area contributed by atoms with E-state index in [0.29, 0.717) is 23.0 Å². The van der Waals surface area contributed by atoms with Crippen molar-refractivity contribution < 1.29 is 0 Å². The summed E-state index contributed by atoms with van der Waals surface area (Å²) in [6.07, 6.45) is 0. The lowest BCUT2D eigenvalue weighted by molar-refractivity contribution is 1.07. The highest BCUT2D eigenvalue weighted by atomic mass is 15.0. The van der Waals surface area contributed by atoms with Gasteiger partial charge in [-0.05, 0) is 64.7 Å². The molecular formula is C52H33N5. The number of benzene rings is 8. The molecule has 0 atom stereocenters. The molecule has 0 amide bonds. The Morgan fingerprint density at radius 2 is 0.754 bits per heavy atom. The molecule has 2 aromatic heterocycles. The maximum absolute atomic E-state index is 10.1. The molecule has 10 aromatic rings. The summed E-state index contributed by atoms with van der Waals surface area (Å²) in [7, 11) is 0. The third-order valence-corrected chi connectivity index (χ3v) is 10.5. The lowest BCUT2D eigenvalue weighted by atomic mass is 9.92. The predicted molar refractivity (Wildman–Crippen MR) is 231 cm³/mol. The van der Waals surface area contributed by atoms with E-state index in [4.69, 9.17) is 15.0 Å². The summed E-state index contributed by atoms with van der Waals surface area (Å²) < 4.78 is 2.37. The second-order valence-electron chi connectivity index (χ2n) is 14.0. The molecule has 5 heteroatoms. The Bertz CT molecular complexity index is 2980. The highest BCUT2D eigenvalue weighted by Crippen LogP contribution is 2.44. The van der Waals surface area contributed by atoms with Crippen molar-refractivity contribution in [1.82, 2.24) is 19.5 Å². The van der Waals surface area contributed by atoms with Crippen molar-refractivity contribution in [2.45, 2.75) is 0 Å². The molecule has 0 aliphatic heterocycles. The number of fused-ring (bicyclic) bond motifs is 3. The summed E-state index contributed by atoms with van der Waals surface area (Å²) >= 11 is 0. The molecule has 5 nitrogen and oxygen atoms in total. The molecule has 0 aliphatic rings. The van der Waals surface area contributed by atoms with Gasteiger partial charge in [-0.3, -0.25) is 0 Å². The highest BCUT2D eigenvalue weighted by molar-refractivity contribution is 6.12. The van der Waals surface area contributed by atoms with Gasteiger partial charge in [0.05, 0.1) is 28.4 Å². The smallest absolute Gasteiger partial charge is 0.164 e. The Balaban J connectivity index is 1.31. The van der Waals surface area contributed by atoms with E-state index in [-0.39, 0.29) is 0 Å². The summed E-state index contributed by atoms with van der Waals surface area (Å²) in [5.41, 5.74) is 12.8. The molecule has 0 saturated carbocycles. The lowest BCUT2D eigenvalue weighted by Crippen LogP contribution is -2.04. The van der Waals surface area contributed by atoms with Gasteiger partial charge >= 0.3 is 0 Å². The summed E-state index contributed by atoms with van der Waals surface area (Å²) in [6, 6.07) is 71.1. The number of hydrogen-bond donors (Lipinski definition) is 0. The minimum atomic E-state index is 0.581. The first-order valence-electron chi connectivity index (χ1n) is 18.9. The van der Waals surface area contributed by atoms with Gasteiger partial charge in [0.1, 0.15) is 0 Å². The topological polar surface area (TPSA) is 67.4 Å². The van der Waals surface area contributed by atoms with Crippen LogP contribution in [0.2, 0.25) is 0 Å². The molecule has 0 aliphatic carbocycles. The Kier molecular flexibility index (Phi) is 8.48. The predicted octanol–water partition coefficient (Wildman–Crippen LogP) is 12.8.